The van der Waals surface area contributed by atoms with Crippen molar-refractivity contribution in [1.82, 2.24) is 10.2 Å². The summed E-state index contributed by atoms with van der Waals surface area (Å²) in [6.45, 7) is 4.45. The summed E-state index contributed by atoms with van der Waals surface area (Å²) in [6, 6.07) is 0.240. The van der Waals surface area contributed by atoms with E-state index in [1.54, 1.807) is 6.92 Å². The van der Waals surface area contributed by atoms with E-state index < -0.39 is 0 Å². The van der Waals surface area contributed by atoms with Crippen LogP contribution in [0.25, 0.3) is 0 Å². The Bertz CT molecular complexity index is 273. The lowest BCUT2D eigenvalue weighted by molar-refractivity contribution is -0.142. The molecule has 0 saturated carbocycles. The fourth-order valence-electron chi connectivity index (χ4n) is 2.49. The number of nitrogens with one attached hydrogen (secondary N) is 1. The molecule has 3 unspecified atom stereocenters. The summed E-state index contributed by atoms with van der Waals surface area (Å²) in [4.78, 5) is 13.4. The summed E-state index contributed by atoms with van der Waals surface area (Å²) < 4.78 is 4.69. The number of piperidine rings is 1. The molecule has 1 saturated heterocycles. The van der Waals surface area contributed by atoms with Crippen molar-refractivity contribution in [2.45, 2.75) is 31.9 Å². The Morgan fingerprint density at radius 1 is 1.53 bits per heavy atom. The Balaban J connectivity index is 2.50. The van der Waals surface area contributed by atoms with Gasteiger partial charge in [-0.2, -0.15) is 0 Å². The van der Waals surface area contributed by atoms with Gasteiger partial charge in [0.2, 0.25) is 0 Å². The minimum Gasteiger partial charge on any atom is -0.468 e. The van der Waals surface area contributed by atoms with E-state index in [0.29, 0.717) is 13.0 Å². The molecule has 0 aromatic rings. The first kappa shape index (κ1) is 16.4. The fraction of sp³-hybridized carbons (Fsp3) is 0.923. The number of carbonyl (C=O) groups is 1. The van der Waals surface area contributed by atoms with Gasteiger partial charge in [0.15, 0.2) is 0 Å². The first-order valence-electron chi connectivity index (χ1n) is 6.88. The van der Waals surface area contributed by atoms with Crippen LogP contribution in [0.1, 0.15) is 19.8 Å². The summed E-state index contributed by atoms with van der Waals surface area (Å²) in [5, 5.41) is 21.9. The van der Waals surface area contributed by atoms with Gasteiger partial charge in [-0.25, -0.2) is 0 Å². The van der Waals surface area contributed by atoms with Gasteiger partial charge < -0.3 is 20.3 Å². The summed E-state index contributed by atoms with van der Waals surface area (Å²) in [7, 11) is 1.38. The van der Waals surface area contributed by atoms with Crippen LogP contribution in [0.15, 0.2) is 0 Å². The van der Waals surface area contributed by atoms with Gasteiger partial charge in [0.1, 0.15) is 0 Å². The molecule has 1 heterocycles. The van der Waals surface area contributed by atoms with Crippen molar-refractivity contribution in [1.29, 1.82) is 0 Å². The highest BCUT2D eigenvalue weighted by Gasteiger charge is 2.30. The van der Waals surface area contributed by atoms with Crippen molar-refractivity contribution >= 4 is 5.97 Å². The van der Waals surface area contributed by atoms with Crippen LogP contribution in [0.5, 0.6) is 0 Å². The quantitative estimate of drug-likeness (QED) is 0.417. The number of methoxy groups -OCH3 is 1. The second-order valence-electron chi connectivity index (χ2n) is 5.23. The molecule has 1 aliphatic rings. The molecule has 0 aromatic carbocycles. The van der Waals surface area contributed by atoms with E-state index in [4.69, 9.17) is 5.11 Å². The largest absolute Gasteiger partial charge is 0.468 e. The summed E-state index contributed by atoms with van der Waals surface area (Å²) in [5.74, 6) is -0.0922. The molecule has 6 nitrogen and oxygen atoms in total. The lowest BCUT2D eigenvalue weighted by atomic mass is 9.90. The first-order chi connectivity index (χ1) is 9.06. The third kappa shape index (κ3) is 5.86. The standard InChI is InChI=1S/C13H26N2O4/c1-10(17)11-6-12(14-4-3-5-16)8-15(7-11)9-13(18)19-2/h10-12,14,16-17H,3-9H2,1-2H3. The van der Waals surface area contributed by atoms with E-state index in [2.05, 4.69) is 10.1 Å². The van der Waals surface area contributed by atoms with E-state index in [1.165, 1.54) is 7.11 Å². The highest BCUT2D eigenvalue weighted by Crippen LogP contribution is 2.20. The third-order valence-corrected chi connectivity index (χ3v) is 3.59. The van der Waals surface area contributed by atoms with Gasteiger partial charge in [0.25, 0.3) is 0 Å². The Kier molecular flexibility index (Phi) is 7.30. The molecule has 6 heteroatoms. The SMILES string of the molecule is COC(=O)CN1CC(NCCCO)CC(C(C)O)C1. The maximum absolute atomic E-state index is 11.3. The van der Waals surface area contributed by atoms with Crippen LogP contribution in [-0.4, -0.2) is 73.1 Å². The summed E-state index contributed by atoms with van der Waals surface area (Å²) >= 11 is 0. The van der Waals surface area contributed by atoms with E-state index in [0.717, 1.165) is 19.5 Å². The number of rotatable bonds is 7. The van der Waals surface area contributed by atoms with E-state index in [9.17, 15) is 9.90 Å². The average Bonchev–Trinajstić information content (AvgIpc) is 2.38. The zero-order chi connectivity index (χ0) is 14.3. The number of aliphatic hydroxyl groups is 2. The Morgan fingerprint density at radius 2 is 2.26 bits per heavy atom. The molecule has 0 spiro atoms. The van der Waals surface area contributed by atoms with Crippen molar-refractivity contribution in [2.75, 3.05) is 39.9 Å². The molecule has 1 fully saturated rings. The highest BCUT2D eigenvalue weighted by molar-refractivity contribution is 5.71. The predicted molar refractivity (Wildman–Crippen MR) is 71.7 cm³/mol. The Hall–Kier alpha value is -0.690. The topological polar surface area (TPSA) is 82.0 Å². The molecule has 112 valence electrons. The number of aliphatic hydroxyl groups excluding tert-OH is 2. The molecule has 0 aromatic heterocycles. The van der Waals surface area contributed by atoms with Crippen molar-refractivity contribution < 1.29 is 19.7 Å². The van der Waals surface area contributed by atoms with Gasteiger partial charge in [-0.15, -0.1) is 0 Å². The van der Waals surface area contributed by atoms with E-state index >= 15 is 0 Å². The lowest BCUT2D eigenvalue weighted by Crippen LogP contribution is -2.52. The molecule has 19 heavy (non-hydrogen) atoms. The number of likely N-dealkylation sites (tertiary alicyclic amines) is 1. The van der Waals surface area contributed by atoms with Gasteiger partial charge in [-0.3, -0.25) is 9.69 Å². The highest BCUT2D eigenvalue weighted by atomic mass is 16.5. The van der Waals surface area contributed by atoms with Gasteiger partial charge in [0, 0.05) is 25.7 Å². The zero-order valence-electron chi connectivity index (χ0n) is 11.8. The van der Waals surface area contributed by atoms with Crippen LogP contribution in [-0.2, 0) is 9.53 Å². The number of esters is 1. The smallest absolute Gasteiger partial charge is 0.319 e. The van der Waals surface area contributed by atoms with Crippen LogP contribution in [0.4, 0.5) is 0 Å². The molecule has 0 aliphatic carbocycles. The first-order valence-corrected chi connectivity index (χ1v) is 6.88. The van der Waals surface area contributed by atoms with Gasteiger partial charge in [0.05, 0.1) is 19.8 Å². The van der Waals surface area contributed by atoms with E-state index in [1.807, 2.05) is 4.90 Å². The zero-order valence-corrected chi connectivity index (χ0v) is 11.8. The van der Waals surface area contributed by atoms with Crippen LogP contribution in [0.2, 0.25) is 0 Å². The molecule has 0 bridgehead atoms. The number of carbonyl (C=O) groups excluding carboxylic acids is 1. The van der Waals surface area contributed by atoms with Crippen molar-refractivity contribution in [2.24, 2.45) is 5.92 Å². The Labute approximate surface area is 114 Å². The molecule has 3 N–H and O–H groups in total. The molecule has 1 aliphatic heterocycles. The average molecular weight is 274 g/mol. The monoisotopic (exact) mass is 274 g/mol. The summed E-state index contributed by atoms with van der Waals surface area (Å²) in [6.07, 6.45) is 1.22. The molecule has 0 radical (unpaired) electrons. The van der Waals surface area contributed by atoms with Crippen LogP contribution in [0.3, 0.4) is 0 Å². The third-order valence-electron chi connectivity index (χ3n) is 3.59. The number of hydrogen-bond donors (Lipinski definition) is 3. The molecular formula is C13H26N2O4. The molecule has 3 atom stereocenters. The summed E-state index contributed by atoms with van der Waals surface area (Å²) in [5.41, 5.74) is 0. The van der Waals surface area contributed by atoms with Crippen molar-refractivity contribution in [3.05, 3.63) is 0 Å². The van der Waals surface area contributed by atoms with Gasteiger partial charge in [-0.05, 0) is 32.2 Å². The molecule has 1 rings (SSSR count). The second-order valence-corrected chi connectivity index (χ2v) is 5.23. The maximum Gasteiger partial charge on any atom is 0.319 e. The Morgan fingerprint density at radius 3 is 2.84 bits per heavy atom. The minimum absolute atomic E-state index is 0.157. The number of nitrogens with zero attached hydrogens (tertiary/aromatic N) is 1. The predicted octanol–water partition coefficient (Wildman–Crippen LogP) is -0.797. The van der Waals surface area contributed by atoms with Gasteiger partial charge in [-0.1, -0.05) is 0 Å². The van der Waals surface area contributed by atoms with Crippen molar-refractivity contribution in [3.8, 4) is 0 Å². The van der Waals surface area contributed by atoms with Crippen LogP contribution in [0, 0.1) is 5.92 Å². The van der Waals surface area contributed by atoms with Gasteiger partial charge >= 0.3 is 5.97 Å². The second kappa shape index (κ2) is 8.47. The van der Waals surface area contributed by atoms with Crippen LogP contribution < -0.4 is 5.32 Å². The normalized spacial score (nSPS) is 26.1. The fourth-order valence-corrected chi connectivity index (χ4v) is 2.49. The lowest BCUT2D eigenvalue weighted by Gasteiger charge is -2.38. The molecule has 0 amide bonds. The van der Waals surface area contributed by atoms with Crippen molar-refractivity contribution in [3.63, 3.8) is 0 Å². The van der Waals surface area contributed by atoms with Crippen LogP contribution >= 0.6 is 0 Å². The molecular weight excluding hydrogens is 248 g/mol. The minimum atomic E-state index is -0.386. The van der Waals surface area contributed by atoms with E-state index in [-0.39, 0.29) is 37.2 Å². The maximum atomic E-state index is 11.3. The number of ether oxygens (including phenoxy) is 1. The number of hydrogen-bond acceptors (Lipinski definition) is 6.